The summed E-state index contributed by atoms with van der Waals surface area (Å²) in [4.78, 5) is 13.3. The third kappa shape index (κ3) is 3.80. The number of anilines is 1. The molecule has 1 aromatic rings. The van der Waals surface area contributed by atoms with Gasteiger partial charge in [-0.25, -0.2) is 0 Å². The molecule has 4 nitrogen and oxygen atoms in total. The minimum absolute atomic E-state index is 0.0401. The van der Waals surface area contributed by atoms with Crippen LogP contribution in [0.1, 0.15) is 12.5 Å². The predicted octanol–water partition coefficient (Wildman–Crippen LogP) is 1.85. The Kier molecular flexibility index (Phi) is 5.24. The van der Waals surface area contributed by atoms with Crippen LogP contribution in [0.5, 0.6) is 5.75 Å². The lowest BCUT2D eigenvalue weighted by atomic mass is 10.1. The average Bonchev–Trinajstić information content (AvgIpc) is 2.37. The molecule has 0 unspecified atom stereocenters. The number of rotatable bonds is 6. The van der Waals surface area contributed by atoms with Crippen molar-refractivity contribution in [1.82, 2.24) is 4.90 Å². The van der Waals surface area contributed by atoms with Gasteiger partial charge in [-0.3, -0.25) is 4.79 Å². The van der Waals surface area contributed by atoms with Gasteiger partial charge in [0.05, 0.1) is 0 Å². The van der Waals surface area contributed by atoms with Crippen molar-refractivity contribution < 1.29 is 9.53 Å². The van der Waals surface area contributed by atoms with Crippen LogP contribution in [-0.2, 0) is 11.2 Å². The molecule has 0 saturated heterocycles. The molecule has 0 spiro atoms. The molecule has 2 N–H and O–H groups in total. The lowest BCUT2D eigenvalue weighted by Gasteiger charge is -2.16. The molecule has 0 aliphatic heterocycles. The van der Waals surface area contributed by atoms with E-state index in [1.165, 1.54) is 0 Å². The molecule has 0 heterocycles. The minimum atomic E-state index is -0.0427. The maximum Gasteiger partial charge on any atom is 0.260 e. The van der Waals surface area contributed by atoms with Gasteiger partial charge in [0.25, 0.3) is 5.91 Å². The number of hydrogen-bond acceptors (Lipinski definition) is 3. The zero-order chi connectivity index (χ0) is 13.5. The summed E-state index contributed by atoms with van der Waals surface area (Å²) < 4.78 is 5.53. The van der Waals surface area contributed by atoms with E-state index in [4.69, 9.17) is 10.5 Å². The Balaban J connectivity index is 2.72. The number of carbonyl (C=O) groups is 1. The van der Waals surface area contributed by atoms with Crippen molar-refractivity contribution in [2.75, 3.05) is 25.9 Å². The number of allylic oxidation sites excluding steroid dienone is 1. The van der Waals surface area contributed by atoms with Crippen molar-refractivity contribution >= 4 is 11.6 Å². The van der Waals surface area contributed by atoms with Crippen LogP contribution in [0.15, 0.2) is 30.9 Å². The minimum Gasteiger partial charge on any atom is -0.483 e. The SMILES string of the molecule is C=CCc1cc(N)ccc1OCC(=O)N(C)CC. The first kappa shape index (κ1) is 14.1. The molecule has 4 heteroatoms. The first-order valence-electron chi connectivity index (χ1n) is 5.94. The summed E-state index contributed by atoms with van der Waals surface area (Å²) >= 11 is 0. The summed E-state index contributed by atoms with van der Waals surface area (Å²) in [5.74, 6) is 0.640. The number of nitrogen functional groups attached to an aromatic ring is 1. The van der Waals surface area contributed by atoms with E-state index in [-0.39, 0.29) is 12.5 Å². The van der Waals surface area contributed by atoms with Gasteiger partial charge in [0.15, 0.2) is 6.61 Å². The number of hydrogen-bond donors (Lipinski definition) is 1. The van der Waals surface area contributed by atoms with Crippen molar-refractivity contribution in [2.45, 2.75) is 13.3 Å². The molecular weight excluding hydrogens is 228 g/mol. The van der Waals surface area contributed by atoms with Crippen molar-refractivity contribution in [3.8, 4) is 5.75 Å². The van der Waals surface area contributed by atoms with E-state index in [0.717, 1.165) is 5.56 Å². The zero-order valence-electron chi connectivity index (χ0n) is 11.0. The van der Waals surface area contributed by atoms with Gasteiger partial charge in [-0.05, 0) is 37.1 Å². The third-order valence-electron chi connectivity index (χ3n) is 2.70. The Hall–Kier alpha value is -1.97. The van der Waals surface area contributed by atoms with E-state index in [0.29, 0.717) is 24.4 Å². The number of amides is 1. The Morgan fingerprint density at radius 3 is 2.89 bits per heavy atom. The van der Waals surface area contributed by atoms with Crippen LogP contribution in [0.3, 0.4) is 0 Å². The summed E-state index contributed by atoms with van der Waals surface area (Å²) in [5, 5.41) is 0. The Morgan fingerprint density at radius 1 is 1.56 bits per heavy atom. The maximum absolute atomic E-state index is 11.6. The molecule has 0 bridgehead atoms. The number of likely N-dealkylation sites (N-methyl/N-ethyl adjacent to an activating group) is 1. The van der Waals surface area contributed by atoms with Crippen molar-refractivity contribution in [2.24, 2.45) is 0 Å². The predicted molar refractivity (Wildman–Crippen MR) is 73.6 cm³/mol. The summed E-state index contributed by atoms with van der Waals surface area (Å²) in [5.41, 5.74) is 7.34. The van der Waals surface area contributed by atoms with Crippen LogP contribution in [0.2, 0.25) is 0 Å². The van der Waals surface area contributed by atoms with Crippen LogP contribution < -0.4 is 10.5 Å². The molecule has 98 valence electrons. The van der Waals surface area contributed by atoms with Gasteiger partial charge in [0.2, 0.25) is 0 Å². The number of benzene rings is 1. The molecule has 0 aromatic heterocycles. The average molecular weight is 248 g/mol. The molecule has 1 amide bonds. The summed E-state index contributed by atoms with van der Waals surface area (Å²) in [6.45, 7) is 6.32. The first-order valence-corrected chi connectivity index (χ1v) is 5.94. The highest BCUT2D eigenvalue weighted by molar-refractivity contribution is 5.77. The van der Waals surface area contributed by atoms with Gasteiger partial charge < -0.3 is 15.4 Å². The second-order valence-corrected chi connectivity index (χ2v) is 4.06. The molecule has 18 heavy (non-hydrogen) atoms. The Labute approximate surface area is 108 Å². The molecule has 0 atom stereocenters. The lowest BCUT2D eigenvalue weighted by molar-refractivity contribution is -0.131. The maximum atomic E-state index is 11.6. The highest BCUT2D eigenvalue weighted by atomic mass is 16.5. The summed E-state index contributed by atoms with van der Waals surface area (Å²) in [6.07, 6.45) is 2.44. The van der Waals surface area contributed by atoms with Crippen molar-refractivity contribution in [1.29, 1.82) is 0 Å². The lowest BCUT2D eigenvalue weighted by Crippen LogP contribution is -2.31. The molecular formula is C14H20N2O2. The van der Waals surface area contributed by atoms with Crippen LogP contribution >= 0.6 is 0 Å². The van der Waals surface area contributed by atoms with E-state index in [2.05, 4.69) is 6.58 Å². The van der Waals surface area contributed by atoms with E-state index in [1.54, 1.807) is 30.2 Å². The summed E-state index contributed by atoms with van der Waals surface area (Å²) in [7, 11) is 1.75. The Morgan fingerprint density at radius 2 is 2.28 bits per heavy atom. The van der Waals surface area contributed by atoms with Gasteiger partial charge in [-0.2, -0.15) is 0 Å². The first-order chi connectivity index (χ1) is 8.58. The van der Waals surface area contributed by atoms with Gasteiger partial charge in [-0.1, -0.05) is 6.08 Å². The van der Waals surface area contributed by atoms with Crippen molar-refractivity contribution in [3.63, 3.8) is 0 Å². The normalized spacial score (nSPS) is 9.89. The number of nitrogens with zero attached hydrogens (tertiary/aromatic N) is 1. The quantitative estimate of drug-likeness (QED) is 0.617. The van der Waals surface area contributed by atoms with E-state index in [1.807, 2.05) is 13.0 Å². The van der Waals surface area contributed by atoms with Crippen molar-refractivity contribution in [3.05, 3.63) is 36.4 Å². The monoisotopic (exact) mass is 248 g/mol. The van der Waals surface area contributed by atoms with Crippen LogP contribution in [0, 0.1) is 0 Å². The van der Waals surface area contributed by atoms with Gasteiger partial charge >= 0.3 is 0 Å². The topological polar surface area (TPSA) is 55.6 Å². The number of carbonyl (C=O) groups excluding carboxylic acids is 1. The summed E-state index contributed by atoms with van der Waals surface area (Å²) in [6, 6.07) is 5.38. The third-order valence-corrected chi connectivity index (χ3v) is 2.70. The van der Waals surface area contributed by atoms with Crippen LogP contribution in [0.25, 0.3) is 0 Å². The molecule has 1 aromatic carbocycles. The molecule has 0 aliphatic rings. The zero-order valence-corrected chi connectivity index (χ0v) is 11.0. The van der Waals surface area contributed by atoms with Crippen LogP contribution in [0.4, 0.5) is 5.69 Å². The van der Waals surface area contributed by atoms with Gasteiger partial charge in [0, 0.05) is 19.3 Å². The molecule has 0 saturated carbocycles. The number of nitrogens with two attached hydrogens (primary N) is 1. The largest absolute Gasteiger partial charge is 0.483 e. The second kappa shape index (κ2) is 6.69. The fourth-order valence-electron chi connectivity index (χ4n) is 1.48. The van der Waals surface area contributed by atoms with E-state index in [9.17, 15) is 4.79 Å². The number of ether oxygens (including phenoxy) is 1. The van der Waals surface area contributed by atoms with Crippen LogP contribution in [-0.4, -0.2) is 31.0 Å². The second-order valence-electron chi connectivity index (χ2n) is 4.06. The molecule has 0 radical (unpaired) electrons. The van der Waals surface area contributed by atoms with E-state index < -0.39 is 0 Å². The Bertz CT molecular complexity index is 430. The van der Waals surface area contributed by atoms with Gasteiger partial charge in [0.1, 0.15) is 5.75 Å². The fraction of sp³-hybridized carbons (Fsp3) is 0.357. The molecule has 1 rings (SSSR count). The highest BCUT2D eigenvalue weighted by Gasteiger charge is 2.09. The standard InChI is InChI=1S/C14H20N2O2/c1-4-6-11-9-12(15)7-8-13(11)18-10-14(17)16(3)5-2/h4,7-9H,1,5-6,10,15H2,2-3H3. The fourth-order valence-corrected chi connectivity index (χ4v) is 1.48. The molecule has 0 fully saturated rings. The molecule has 0 aliphatic carbocycles. The van der Waals surface area contributed by atoms with Gasteiger partial charge in [-0.15, -0.1) is 6.58 Å². The van der Waals surface area contributed by atoms with E-state index >= 15 is 0 Å². The highest BCUT2D eigenvalue weighted by Crippen LogP contribution is 2.22. The smallest absolute Gasteiger partial charge is 0.260 e.